The molecule has 1 amide bonds. The van der Waals surface area contributed by atoms with E-state index in [1.165, 1.54) is 6.07 Å². The van der Waals surface area contributed by atoms with Gasteiger partial charge in [-0.3, -0.25) is 4.79 Å². The van der Waals surface area contributed by atoms with E-state index in [0.29, 0.717) is 47.9 Å². The summed E-state index contributed by atoms with van der Waals surface area (Å²) in [5.74, 6) is -1.51. The van der Waals surface area contributed by atoms with Crippen molar-refractivity contribution in [1.29, 1.82) is 0 Å². The van der Waals surface area contributed by atoms with Crippen molar-refractivity contribution in [3.05, 3.63) is 155 Å². The molecule has 1 heterocycles. The Hall–Kier alpha value is -6.10. The first-order valence-corrected chi connectivity index (χ1v) is 16.5. The minimum atomic E-state index is -0.554. The molecule has 5 rings (SSSR count). The topological polar surface area (TPSA) is 116 Å². The van der Waals surface area contributed by atoms with Crippen LogP contribution in [0.2, 0.25) is 0 Å². The molecule has 0 aromatic heterocycles. The maximum atomic E-state index is 13.0. The number of hydrogen-bond donors (Lipinski definition) is 1. The number of anilines is 3. The first kappa shape index (κ1) is 36.2. The molecule has 0 unspecified atom stereocenters. The summed E-state index contributed by atoms with van der Waals surface area (Å²) in [4.78, 5) is 44.9. The average Bonchev–Trinajstić information content (AvgIpc) is 3.54. The van der Waals surface area contributed by atoms with Crippen LogP contribution < -0.4 is 10.2 Å². The van der Waals surface area contributed by atoms with E-state index in [4.69, 9.17) is 19.0 Å². The van der Waals surface area contributed by atoms with Gasteiger partial charge in [-0.15, -0.1) is 0 Å². The Balaban J connectivity index is 1.13. The van der Waals surface area contributed by atoms with Crippen LogP contribution in [0.5, 0.6) is 0 Å². The normalized spacial score (nSPS) is 13.4. The Morgan fingerprint density at radius 3 is 2.25 bits per heavy atom. The number of benzene rings is 4. The first-order chi connectivity index (χ1) is 24.9. The van der Waals surface area contributed by atoms with Crippen molar-refractivity contribution >= 4 is 46.7 Å². The van der Waals surface area contributed by atoms with Crippen LogP contribution in [0.4, 0.5) is 17.1 Å². The number of oxime groups is 1. The van der Waals surface area contributed by atoms with Crippen molar-refractivity contribution in [1.82, 2.24) is 0 Å². The molecule has 10 nitrogen and oxygen atoms in total. The zero-order valence-electron chi connectivity index (χ0n) is 28.5. The van der Waals surface area contributed by atoms with Gasteiger partial charge < -0.3 is 29.3 Å². The van der Waals surface area contributed by atoms with Crippen molar-refractivity contribution in [3.8, 4) is 0 Å². The number of carbonyl (C=O) groups is 3. The van der Waals surface area contributed by atoms with E-state index < -0.39 is 17.8 Å². The third-order valence-corrected chi connectivity index (χ3v) is 7.71. The highest BCUT2D eigenvalue weighted by atomic mass is 16.7. The largest absolute Gasteiger partial charge is 0.460 e. The lowest BCUT2D eigenvalue weighted by Gasteiger charge is -2.19. The molecule has 0 spiro atoms. The maximum Gasteiger partial charge on any atom is 0.368 e. The van der Waals surface area contributed by atoms with Gasteiger partial charge >= 0.3 is 11.9 Å². The molecule has 0 aliphatic carbocycles. The molecule has 0 saturated carbocycles. The second-order valence-corrected chi connectivity index (χ2v) is 11.2. The Bertz CT molecular complexity index is 1920. The molecule has 1 aliphatic rings. The van der Waals surface area contributed by atoms with Crippen LogP contribution in [0.1, 0.15) is 38.8 Å². The van der Waals surface area contributed by atoms with Crippen LogP contribution in [-0.2, 0) is 23.8 Å². The first-order valence-electron chi connectivity index (χ1n) is 16.5. The van der Waals surface area contributed by atoms with E-state index in [0.717, 1.165) is 16.9 Å². The Morgan fingerprint density at radius 1 is 0.784 bits per heavy atom. The van der Waals surface area contributed by atoms with Crippen molar-refractivity contribution in [2.75, 3.05) is 50.3 Å². The third kappa shape index (κ3) is 10.4. The van der Waals surface area contributed by atoms with Gasteiger partial charge in [-0.05, 0) is 73.2 Å². The molecule has 4 aromatic rings. The van der Waals surface area contributed by atoms with Gasteiger partial charge in [0.25, 0.3) is 5.91 Å². The van der Waals surface area contributed by atoms with Gasteiger partial charge in [0.15, 0.2) is 0 Å². The highest BCUT2D eigenvalue weighted by Crippen LogP contribution is 2.24. The number of rotatable bonds is 16. The van der Waals surface area contributed by atoms with Gasteiger partial charge in [-0.1, -0.05) is 78.0 Å². The minimum absolute atomic E-state index is 0.0866. The molecule has 0 atom stereocenters. The fraction of sp³-hybridized carbons (Fsp3) is 0.171. The number of nitrogens with one attached hydrogen (secondary N) is 1. The van der Waals surface area contributed by atoms with E-state index in [9.17, 15) is 14.4 Å². The van der Waals surface area contributed by atoms with Crippen molar-refractivity contribution in [2.45, 2.75) is 6.92 Å². The molecule has 0 radical (unpaired) electrons. The number of nitrogens with zero attached hydrogens (tertiary/aromatic N) is 2. The van der Waals surface area contributed by atoms with E-state index in [2.05, 4.69) is 39.6 Å². The van der Waals surface area contributed by atoms with Gasteiger partial charge in [0.2, 0.25) is 0 Å². The molecule has 1 aliphatic heterocycles. The fourth-order valence-electron chi connectivity index (χ4n) is 4.97. The summed E-state index contributed by atoms with van der Waals surface area (Å²) in [6, 6.07) is 31.5. The summed E-state index contributed by atoms with van der Waals surface area (Å²) >= 11 is 0. The standard InChI is InChI=1S/C41H39N3O7/c1-3-48-25-26-49-27-28-50-40(46)33-13-10-12-32(29-33)39(45)42-34-21-19-31(20-22-34)38-37(41(47)51-43-38)16-9-4-6-11-30-17-23-36(24-18-30)44(2)35-14-7-5-8-15-35/h4-24,29H,3,25-28H2,1-2H3,(H,42,45). The van der Waals surface area contributed by atoms with Gasteiger partial charge in [0, 0.05) is 41.8 Å². The number of ether oxygens (including phenoxy) is 3. The second kappa shape index (κ2) is 18.6. The summed E-state index contributed by atoms with van der Waals surface area (Å²) in [5.41, 5.74) is 5.62. The summed E-state index contributed by atoms with van der Waals surface area (Å²) in [5, 5.41) is 6.78. The molecule has 1 N–H and O–H groups in total. The zero-order valence-corrected chi connectivity index (χ0v) is 28.5. The highest BCUT2D eigenvalue weighted by molar-refractivity contribution is 6.29. The SMILES string of the molecule is CCOCCOCCOC(=O)c1cccc(C(=O)Nc2ccc(C3=NOC(=O)C3=CC=CC=Cc3ccc(N(C)c4ccccc4)cc3)cc2)c1. The van der Waals surface area contributed by atoms with Gasteiger partial charge in [0.1, 0.15) is 12.3 Å². The fourth-order valence-corrected chi connectivity index (χ4v) is 4.97. The summed E-state index contributed by atoms with van der Waals surface area (Å²) < 4.78 is 15.8. The van der Waals surface area contributed by atoms with Crippen LogP contribution in [0, 0.1) is 0 Å². The summed E-state index contributed by atoms with van der Waals surface area (Å²) in [7, 11) is 2.03. The Labute approximate surface area is 297 Å². The van der Waals surface area contributed by atoms with Crippen molar-refractivity contribution < 1.29 is 33.4 Å². The van der Waals surface area contributed by atoms with Crippen molar-refractivity contribution in [3.63, 3.8) is 0 Å². The highest BCUT2D eigenvalue weighted by Gasteiger charge is 2.26. The molecule has 0 bridgehead atoms. The lowest BCUT2D eigenvalue weighted by molar-refractivity contribution is -0.136. The second-order valence-electron chi connectivity index (χ2n) is 11.2. The zero-order chi connectivity index (χ0) is 35.8. The molecule has 51 heavy (non-hydrogen) atoms. The smallest absolute Gasteiger partial charge is 0.368 e. The van der Waals surface area contributed by atoms with E-state index >= 15 is 0 Å². The van der Waals surface area contributed by atoms with Gasteiger partial charge in [-0.25, -0.2) is 9.59 Å². The average molecular weight is 686 g/mol. The van der Waals surface area contributed by atoms with Gasteiger partial charge in [0.05, 0.1) is 31.0 Å². The van der Waals surface area contributed by atoms with Gasteiger partial charge in [-0.2, -0.15) is 0 Å². The molecule has 260 valence electrons. The number of carbonyl (C=O) groups excluding carboxylic acids is 3. The molecule has 0 fully saturated rings. The lowest BCUT2D eigenvalue weighted by atomic mass is 10.0. The van der Waals surface area contributed by atoms with Crippen LogP contribution in [0.25, 0.3) is 6.08 Å². The summed E-state index contributed by atoms with van der Waals surface area (Å²) in [6.45, 7) is 3.75. The molecular formula is C41H39N3O7. The Kier molecular flexibility index (Phi) is 13.2. The number of esters is 1. The van der Waals surface area contributed by atoms with Crippen LogP contribution in [0.15, 0.2) is 138 Å². The number of allylic oxidation sites excluding steroid dienone is 4. The minimum Gasteiger partial charge on any atom is -0.460 e. The third-order valence-electron chi connectivity index (χ3n) is 7.71. The predicted octanol–water partition coefficient (Wildman–Crippen LogP) is 7.37. The van der Waals surface area contributed by atoms with Crippen LogP contribution >= 0.6 is 0 Å². The van der Waals surface area contributed by atoms with E-state index in [1.54, 1.807) is 54.6 Å². The van der Waals surface area contributed by atoms with Crippen LogP contribution in [-0.4, -0.2) is 63.6 Å². The maximum absolute atomic E-state index is 13.0. The monoisotopic (exact) mass is 685 g/mol. The Morgan fingerprint density at radius 2 is 1.49 bits per heavy atom. The van der Waals surface area contributed by atoms with E-state index in [1.807, 2.05) is 62.5 Å². The van der Waals surface area contributed by atoms with Crippen LogP contribution in [0.3, 0.4) is 0 Å². The molecule has 4 aromatic carbocycles. The predicted molar refractivity (Wildman–Crippen MR) is 198 cm³/mol. The number of para-hydroxylation sites is 1. The molecular weight excluding hydrogens is 646 g/mol. The number of hydrogen-bond acceptors (Lipinski definition) is 9. The van der Waals surface area contributed by atoms with E-state index in [-0.39, 0.29) is 18.8 Å². The molecule has 10 heteroatoms. The van der Waals surface area contributed by atoms with Crippen molar-refractivity contribution in [2.24, 2.45) is 5.16 Å². The molecule has 0 saturated heterocycles. The number of amides is 1. The lowest BCUT2D eigenvalue weighted by Crippen LogP contribution is -2.15. The quantitative estimate of drug-likeness (QED) is 0.0427. The summed E-state index contributed by atoms with van der Waals surface area (Å²) in [6.07, 6.45) is 9.10.